The Balaban J connectivity index is 1.45. The van der Waals surface area contributed by atoms with Crippen LogP contribution in [-0.4, -0.2) is 55.2 Å². The topological polar surface area (TPSA) is 137 Å². The molecular weight excluding hydrogens is 434 g/mol. The number of anilines is 2. The molecule has 1 aliphatic rings. The van der Waals surface area contributed by atoms with Crippen LogP contribution in [0.1, 0.15) is 12.7 Å². The Morgan fingerprint density at radius 2 is 2.00 bits per heavy atom. The molecule has 2 aromatic rings. The maximum Gasteiger partial charge on any atom is 0.411 e. The van der Waals surface area contributed by atoms with Gasteiger partial charge in [-0.2, -0.15) is 0 Å². The van der Waals surface area contributed by atoms with Gasteiger partial charge in [0, 0.05) is 33.7 Å². The van der Waals surface area contributed by atoms with Gasteiger partial charge in [0.1, 0.15) is 12.4 Å². The summed E-state index contributed by atoms with van der Waals surface area (Å²) in [5.41, 5.74) is 0.299. The number of ether oxygens (including phenoxy) is 2. The molecule has 1 aromatic carbocycles. The molecule has 0 radical (unpaired) electrons. The summed E-state index contributed by atoms with van der Waals surface area (Å²) in [4.78, 5) is 11.9. The predicted molar refractivity (Wildman–Crippen MR) is 110 cm³/mol. The molecule has 2 heterocycles. The highest BCUT2D eigenvalue weighted by Crippen LogP contribution is 2.27. The van der Waals surface area contributed by atoms with Crippen LogP contribution in [0.4, 0.5) is 16.3 Å². The molecule has 10 nitrogen and oxygen atoms in total. The second-order valence-corrected chi connectivity index (χ2v) is 10.6. The maximum absolute atomic E-state index is 12.3. The number of nitrogens with one attached hydrogen (secondary N) is 2. The second-order valence-electron chi connectivity index (χ2n) is 7.31. The monoisotopic (exact) mass is 457 g/mol. The van der Waals surface area contributed by atoms with Crippen LogP contribution in [0.2, 0.25) is 0 Å². The van der Waals surface area contributed by atoms with Crippen LogP contribution in [0.5, 0.6) is 0 Å². The zero-order valence-corrected chi connectivity index (χ0v) is 18.2. The minimum atomic E-state index is -3.84. The molecule has 12 heteroatoms. The summed E-state index contributed by atoms with van der Waals surface area (Å²) < 4.78 is 54.0. The molecule has 0 spiro atoms. The molecular formula is C18H23N3O7S2. The van der Waals surface area contributed by atoms with Crippen LogP contribution in [0.15, 0.2) is 39.8 Å². The number of carbonyl (C=O) groups excluding carboxylic acids is 1. The second kappa shape index (κ2) is 9.14. The summed E-state index contributed by atoms with van der Waals surface area (Å²) in [5, 5.41) is 6.08. The minimum absolute atomic E-state index is 0.00839. The molecule has 2 N–H and O–H groups in total. The summed E-state index contributed by atoms with van der Waals surface area (Å²) in [5.74, 6) is 1.30. The Morgan fingerprint density at radius 1 is 1.30 bits per heavy atom. The fourth-order valence-electron chi connectivity index (χ4n) is 2.70. The molecule has 164 valence electrons. The number of amides is 1. The number of carbonyl (C=O) groups is 1. The van der Waals surface area contributed by atoms with Crippen molar-refractivity contribution in [2.24, 2.45) is 5.41 Å². The largest absolute Gasteiger partial charge is 0.448 e. The molecule has 30 heavy (non-hydrogen) atoms. The molecule has 1 fully saturated rings. The van der Waals surface area contributed by atoms with E-state index >= 15 is 0 Å². The molecule has 1 atom stereocenters. The van der Waals surface area contributed by atoms with Crippen molar-refractivity contribution in [3.8, 4) is 0 Å². The Bertz CT molecular complexity index is 1010. The molecule has 3 rings (SSSR count). The van der Waals surface area contributed by atoms with Crippen LogP contribution in [-0.2, 0) is 30.3 Å². The van der Waals surface area contributed by atoms with E-state index in [0.29, 0.717) is 30.4 Å². The average molecular weight is 458 g/mol. The van der Waals surface area contributed by atoms with Gasteiger partial charge in [-0.25, -0.2) is 13.2 Å². The lowest BCUT2D eigenvalue weighted by Gasteiger charge is -2.37. The smallest absolute Gasteiger partial charge is 0.411 e. The first-order valence-electron chi connectivity index (χ1n) is 9.08. The molecule has 1 unspecified atom stereocenters. The normalized spacial score (nSPS) is 16.3. The predicted octanol–water partition coefficient (Wildman–Crippen LogP) is 2.12. The van der Waals surface area contributed by atoms with E-state index in [-0.39, 0.29) is 28.5 Å². The van der Waals surface area contributed by atoms with E-state index in [1.54, 1.807) is 6.92 Å². The van der Waals surface area contributed by atoms with Crippen molar-refractivity contribution in [3.63, 3.8) is 0 Å². The molecule has 1 amide bonds. The molecule has 0 saturated carbocycles. The summed E-state index contributed by atoms with van der Waals surface area (Å²) in [6, 6.07) is 6.98. The Kier molecular flexibility index (Phi) is 6.78. The Hall–Kier alpha value is -2.44. The van der Waals surface area contributed by atoms with E-state index in [2.05, 4.69) is 15.2 Å². The van der Waals surface area contributed by atoms with Crippen LogP contribution in [0.3, 0.4) is 0 Å². The van der Waals surface area contributed by atoms with Crippen molar-refractivity contribution >= 4 is 38.4 Å². The Morgan fingerprint density at radius 3 is 2.57 bits per heavy atom. The number of aryl methyl sites for hydroxylation is 1. The van der Waals surface area contributed by atoms with Crippen LogP contribution in [0, 0.1) is 12.3 Å². The Labute approximate surface area is 176 Å². The van der Waals surface area contributed by atoms with Crippen molar-refractivity contribution in [1.82, 2.24) is 5.16 Å². The minimum Gasteiger partial charge on any atom is -0.448 e. The first-order valence-corrected chi connectivity index (χ1v) is 12.1. The van der Waals surface area contributed by atoms with E-state index in [4.69, 9.17) is 14.0 Å². The van der Waals surface area contributed by atoms with Gasteiger partial charge in [-0.05, 0) is 31.2 Å². The van der Waals surface area contributed by atoms with Crippen molar-refractivity contribution in [2.75, 3.05) is 41.4 Å². The van der Waals surface area contributed by atoms with Gasteiger partial charge in [0.2, 0.25) is 0 Å². The number of rotatable bonds is 9. The van der Waals surface area contributed by atoms with Crippen LogP contribution in [0.25, 0.3) is 0 Å². The quantitative estimate of drug-likeness (QED) is 0.584. The van der Waals surface area contributed by atoms with Crippen molar-refractivity contribution in [1.29, 1.82) is 0 Å². The van der Waals surface area contributed by atoms with Crippen LogP contribution < -0.4 is 10.0 Å². The standard InChI is InChI=1S/C18H23N3O7S2/c1-13-9-16(20-28-13)21-30(24,25)15-5-3-14(4-6-15)19-17(22)27-7-8-29(23)12-18(2)10-26-11-18/h3-6,9H,7-8,10-12H2,1-2H3,(H,19,22)(H,20,21). The first kappa shape index (κ1) is 22.2. The number of benzene rings is 1. The molecule has 1 aromatic heterocycles. The zero-order chi connectivity index (χ0) is 21.8. The summed E-state index contributed by atoms with van der Waals surface area (Å²) in [6.07, 6.45) is -0.711. The van der Waals surface area contributed by atoms with Gasteiger partial charge in [-0.3, -0.25) is 14.2 Å². The SMILES string of the molecule is Cc1cc(NS(=O)(=O)c2ccc(NC(=O)OCCS(=O)CC3(C)COC3)cc2)no1. The molecule has 1 saturated heterocycles. The lowest BCUT2D eigenvalue weighted by Crippen LogP contribution is -2.44. The van der Waals surface area contributed by atoms with Crippen molar-refractivity contribution < 1.29 is 31.4 Å². The number of hydrogen-bond acceptors (Lipinski definition) is 8. The first-order chi connectivity index (χ1) is 14.2. The van der Waals surface area contributed by atoms with Crippen LogP contribution >= 0.6 is 0 Å². The van der Waals surface area contributed by atoms with Gasteiger partial charge in [-0.15, -0.1) is 0 Å². The number of aromatic nitrogens is 1. The lowest BCUT2D eigenvalue weighted by molar-refractivity contribution is -0.0866. The van der Waals surface area contributed by atoms with Gasteiger partial charge >= 0.3 is 6.09 Å². The van der Waals surface area contributed by atoms with E-state index in [1.165, 1.54) is 30.3 Å². The van der Waals surface area contributed by atoms with Crippen molar-refractivity contribution in [3.05, 3.63) is 36.1 Å². The van der Waals surface area contributed by atoms with Gasteiger partial charge < -0.3 is 14.0 Å². The highest BCUT2D eigenvalue weighted by Gasteiger charge is 2.35. The average Bonchev–Trinajstić information content (AvgIpc) is 3.04. The zero-order valence-electron chi connectivity index (χ0n) is 16.5. The molecule has 0 bridgehead atoms. The third-order valence-electron chi connectivity index (χ3n) is 4.23. The highest BCUT2D eigenvalue weighted by molar-refractivity contribution is 7.92. The summed E-state index contributed by atoms with van der Waals surface area (Å²) in [7, 11) is -4.94. The number of nitrogens with zero attached hydrogens (tertiary/aromatic N) is 1. The van der Waals surface area contributed by atoms with Crippen molar-refractivity contribution in [2.45, 2.75) is 18.7 Å². The fourth-order valence-corrected chi connectivity index (χ4v) is 5.05. The van der Waals surface area contributed by atoms with Gasteiger partial charge in [0.25, 0.3) is 10.0 Å². The number of sulfonamides is 1. The van der Waals surface area contributed by atoms with Gasteiger partial charge in [0.15, 0.2) is 5.82 Å². The molecule has 0 aliphatic carbocycles. The third-order valence-corrected chi connectivity index (χ3v) is 7.24. The van der Waals surface area contributed by atoms with E-state index in [1.807, 2.05) is 6.92 Å². The highest BCUT2D eigenvalue weighted by atomic mass is 32.2. The van der Waals surface area contributed by atoms with E-state index in [0.717, 1.165) is 0 Å². The summed E-state index contributed by atoms with van der Waals surface area (Å²) >= 11 is 0. The third kappa shape index (κ3) is 6.03. The summed E-state index contributed by atoms with van der Waals surface area (Å²) in [6.45, 7) is 4.86. The van der Waals surface area contributed by atoms with E-state index in [9.17, 15) is 17.4 Å². The fraction of sp³-hybridized carbons (Fsp3) is 0.444. The maximum atomic E-state index is 12.3. The van der Waals surface area contributed by atoms with E-state index < -0.39 is 26.9 Å². The van der Waals surface area contributed by atoms with Gasteiger partial charge in [0.05, 0.1) is 23.9 Å². The van der Waals surface area contributed by atoms with Gasteiger partial charge in [-0.1, -0.05) is 12.1 Å². The number of hydrogen-bond donors (Lipinski definition) is 2. The lowest BCUT2D eigenvalue weighted by atomic mass is 9.92. The molecule has 1 aliphatic heterocycles.